The van der Waals surface area contributed by atoms with E-state index in [4.69, 9.17) is 9.72 Å². The Balaban J connectivity index is 1.76. The normalized spacial score (nSPS) is 23.2. The van der Waals surface area contributed by atoms with Crippen LogP contribution >= 0.6 is 27.3 Å². The van der Waals surface area contributed by atoms with Gasteiger partial charge in [0.2, 0.25) is 0 Å². The van der Waals surface area contributed by atoms with Crippen molar-refractivity contribution in [3.05, 3.63) is 29.3 Å². The highest BCUT2D eigenvalue weighted by atomic mass is 79.9. The minimum Gasteiger partial charge on any atom is -0.369 e. The van der Waals surface area contributed by atoms with Crippen molar-refractivity contribution in [1.82, 2.24) is 9.88 Å². The van der Waals surface area contributed by atoms with Crippen LogP contribution in [0, 0.1) is 0 Å². The Labute approximate surface area is 132 Å². The van der Waals surface area contributed by atoms with Gasteiger partial charge in [-0.05, 0) is 26.0 Å². The van der Waals surface area contributed by atoms with E-state index in [0.717, 1.165) is 30.5 Å². The van der Waals surface area contributed by atoms with Crippen LogP contribution < -0.4 is 0 Å². The highest BCUT2D eigenvalue weighted by Crippen LogP contribution is 2.26. The molecule has 1 atom stereocenters. The van der Waals surface area contributed by atoms with E-state index >= 15 is 0 Å². The van der Waals surface area contributed by atoms with Crippen LogP contribution in [0.3, 0.4) is 0 Å². The van der Waals surface area contributed by atoms with Crippen molar-refractivity contribution in [2.24, 2.45) is 0 Å². The number of aromatic nitrogens is 1. The molecule has 1 aliphatic rings. The summed E-state index contributed by atoms with van der Waals surface area (Å²) in [4.78, 5) is 7.18. The largest absolute Gasteiger partial charge is 0.369 e. The molecule has 20 heavy (non-hydrogen) atoms. The number of morpholine rings is 1. The molecule has 0 spiro atoms. The Morgan fingerprint density at radius 2 is 2.25 bits per heavy atom. The third kappa shape index (κ3) is 3.22. The van der Waals surface area contributed by atoms with Gasteiger partial charge in [-0.3, -0.25) is 4.90 Å². The first-order chi connectivity index (χ1) is 9.55. The maximum Gasteiger partial charge on any atom is 0.108 e. The molecular formula is C15H19BrN2OS. The standard InChI is InChI=1S/C15H19BrN2OS/c1-15(2)10-18(8-11(7-16)19-15)9-14-17-12-5-3-4-6-13(12)20-14/h3-6,11H,7-10H2,1-2H3. The van der Waals surface area contributed by atoms with Crippen molar-refractivity contribution in [3.8, 4) is 0 Å². The molecule has 1 saturated heterocycles. The lowest BCUT2D eigenvalue weighted by Crippen LogP contribution is -2.52. The van der Waals surface area contributed by atoms with Gasteiger partial charge in [0.1, 0.15) is 5.01 Å². The molecule has 0 saturated carbocycles. The quantitative estimate of drug-likeness (QED) is 0.786. The van der Waals surface area contributed by atoms with Crippen LogP contribution in [-0.2, 0) is 11.3 Å². The zero-order valence-corrected chi connectivity index (χ0v) is 14.2. The van der Waals surface area contributed by atoms with Gasteiger partial charge in [-0.25, -0.2) is 4.98 Å². The zero-order valence-electron chi connectivity index (χ0n) is 11.8. The summed E-state index contributed by atoms with van der Waals surface area (Å²) in [5.41, 5.74) is 1.02. The molecule has 1 aliphatic heterocycles. The lowest BCUT2D eigenvalue weighted by atomic mass is 10.1. The number of benzene rings is 1. The highest BCUT2D eigenvalue weighted by molar-refractivity contribution is 9.09. The third-order valence-electron chi connectivity index (χ3n) is 3.42. The van der Waals surface area contributed by atoms with Gasteiger partial charge in [0.05, 0.1) is 28.5 Å². The van der Waals surface area contributed by atoms with Crippen LogP contribution in [0.25, 0.3) is 10.2 Å². The number of thiazole rings is 1. The van der Waals surface area contributed by atoms with Gasteiger partial charge in [-0.2, -0.15) is 0 Å². The summed E-state index contributed by atoms with van der Waals surface area (Å²) >= 11 is 5.33. The molecule has 2 heterocycles. The number of ether oxygens (including phenoxy) is 1. The van der Waals surface area contributed by atoms with Crippen molar-refractivity contribution < 1.29 is 4.74 Å². The molecule has 3 nitrogen and oxygen atoms in total. The van der Waals surface area contributed by atoms with Crippen LogP contribution in [0.1, 0.15) is 18.9 Å². The number of alkyl halides is 1. The molecule has 0 bridgehead atoms. The van der Waals surface area contributed by atoms with E-state index < -0.39 is 0 Å². The number of para-hydroxylation sites is 1. The summed E-state index contributed by atoms with van der Waals surface area (Å²) in [6.45, 7) is 7.15. The molecule has 108 valence electrons. The average Bonchev–Trinajstić information content (AvgIpc) is 2.78. The minimum absolute atomic E-state index is 0.0899. The van der Waals surface area contributed by atoms with Crippen molar-refractivity contribution in [1.29, 1.82) is 0 Å². The molecule has 1 unspecified atom stereocenters. The highest BCUT2D eigenvalue weighted by Gasteiger charge is 2.33. The summed E-state index contributed by atoms with van der Waals surface area (Å²) in [5.74, 6) is 0. The Morgan fingerprint density at radius 3 is 3.00 bits per heavy atom. The fourth-order valence-electron chi connectivity index (χ4n) is 2.80. The van der Waals surface area contributed by atoms with E-state index in [9.17, 15) is 0 Å². The predicted molar refractivity (Wildman–Crippen MR) is 87.6 cm³/mol. The van der Waals surface area contributed by atoms with Gasteiger partial charge in [0, 0.05) is 18.4 Å². The SMILES string of the molecule is CC1(C)CN(Cc2nc3ccccc3s2)CC(CBr)O1. The van der Waals surface area contributed by atoms with Crippen LogP contribution in [0.5, 0.6) is 0 Å². The molecule has 2 aromatic rings. The fraction of sp³-hybridized carbons (Fsp3) is 0.533. The van der Waals surface area contributed by atoms with E-state index in [-0.39, 0.29) is 11.7 Å². The topological polar surface area (TPSA) is 25.4 Å². The van der Waals surface area contributed by atoms with Gasteiger partial charge in [-0.15, -0.1) is 11.3 Å². The van der Waals surface area contributed by atoms with Crippen molar-refractivity contribution in [2.75, 3.05) is 18.4 Å². The third-order valence-corrected chi connectivity index (χ3v) is 5.16. The van der Waals surface area contributed by atoms with E-state index in [1.54, 1.807) is 11.3 Å². The fourth-order valence-corrected chi connectivity index (χ4v) is 4.14. The predicted octanol–water partition coefficient (Wildman–Crippen LogP) is 3.67. The zero-order chi connectivity index (χ0) is 14.2. The van der Waals surface area contributed by atoms with Crippen LogP contribution in [0.4, 0.5) is 0 Å². The van der Waals surface area contributed by atoms with Crippen molar-refractivity contribution in [3.63, 3.8) is 0 Å². The molecular weight excluding hydrogens is 336 g/mol. The van der Waals surface area contributed by atoms with Gasteiger partial charge in [-0.1, -0.05) is 28.1 Å². The smallest absolute Gasteiger partial charge is 0.108 e. The van der Waals surface area contributed by atoms with E-state index in [0.29, 0.717) is 0 Å². The summed E-state index contributed by atoms with van der Waals surface area (Å²) in [6, 6.07) is 8.34. The summed E-state index contributed by atoms with van der Waals surface area (Å²) in [5, 5.41) is 2.07. The molecule has 0 radical (unpaired) electrons. The molecule has 1 fully saturated rings. The summed E-state index contributed by atoms with van der Waals surface area (Å²) < 4.78 is 7.31. The lowest BCUT2D eigenvalue weighted by Gasteiger charge is -2.42. The van der Waals surface area contributed by atoms with Gasteiger partial charge >= 0.3 is 0 Å². The van der Waals surface area contributed by atoms with Gasteiger partial charge in [0.15, 0.2) is 0 Å². The lowest BCUT2D eigenvalue weighted by molar-refractivity contribution is -0.128. The molecule has 1 aromatic heterocycles. The number of rotatable bonds is 3. The summed E-state index contributed by atoms with van der Waals surface area (Å²) in [7, 11) is 0. The molecule has 0 amide bonds. The van der Waals surface area contributed by atoms with Crippen molar-refractivity contribution >= 4 is 37.5 Å². The maximum absolute atomic E-state index is 6.04. The number of nitrogens with zero attached hydrogens (tertiary/aromatic N) is 2. The second-order valence-corrected chi connectivity index (χ2v) is 7.66. The van der Waals surface area contributed by atoms with Gasteiger partial charge < -0.3 is 4.74 Å². The second-order valence-electron chi connectivity index (χ2n) is 5.90. The minimum atomic E-state index is -0.0899. The van der Waals surface area contributed by atoms with E-state index in [1.165, 1.54) is 9.71 Å². The van der Waals surface area contributed by atoms with Crippen LogP contribution in [0.2, 0.25) is 0 Å². The van der Waals surface area contributed by atoms with Crippen LogP contribution in [-0.4, -0.2) is 40.0 Å². The molecule has 1 aromatic carbocycles. The molecule has 0 N–H and O–H groups in total. The van der Waals surface area contributed by atoms with E-state index in [2.05, 4.69) is 52.9 Å². The number of halogens is 1. The first kappa shape index (κ1) is 14.4. The Morgan fingerprint density at radius 1 is 1.45 bits per heavy atom. The summed E-state index contributed by atoms with van der Waals surface area (Å²) in [6.07, 6.45) is 0.258. The van der Waals surface area contributed by atoms with Gasteiger partial charge in [0.25, 0.3) is 0 Å². The molecule has 0 aliphatic carbocycles. The monoisotopic (exact) mass is 354 g/mol. The molecule has 5 heteroatoms. The number of fused-ring (bicyclic) bond motifs is 1. The second kappa shape index (κ2) is 5.72. The first-order valence-electron chi connectivity index (χ1n) is 6.86. The average molecular weight is 355 g/mol. The number of hydrogen-bond acceptors (Lipinski definition) is 4. The maximum atomic E-state index is 6.04. The Hall–Kier alpha value is -0.490. The first-order valence-corrected chi connectivity index (χ1v) is 8.80. The Kier molecular flexibility index (Phi) is 4.13. The van der Waals surface area contributed by atoms with Crippen LogP contribution in [0.15, 0.2) is 24.3 Å². The van der Waals surface area contributed by atoms with E-state index in [1.807, 2.05) is 6.07 Å². The number of hydrogen-bond donors (Lipinski definition) is 0. The molecule has 3 rings (SSSR count). The Bertz CT molecular complexity index is 565. The van der Waals surface area contributed by atoms with Crippen molar-refractivity contribution in [2.45, 2.75) is 32.1 Å².